The van der Waals surface area contributed by atoms with Gasteiger partial charge < -0.3 is 10.6 Å². The first-order valence-electron chi connectivity index (χ1n) is 15.1. The summed E-state index contributed by atoms with van der Waals surface area (Å²) in [5.74, 6) is 0. The van der Waals surface area contributed by atoms with Crippen LogP contribution in [-0.2, 0) is 5.54 Å². The van der Waals surface area contributed by atoms with Crippen LogP contribution in [0.2, 0.25) is 0 Å². The van der Waals surface area contributed by atoms with Gasteiger partial charge in [0.1, 0.15) is 17.8 Å². The molecule has 1 aliphatic rings. The Morgan fingerprint density at radius 1 is 1.00 bits per heavy atom. The minimum Gasteiger partial charge on any atom is -0.383 e. The van der Waals surface area contributed by atoms with Crippen LogP contribution in [0.5, 0.6) is 0 Å². The molecule has 0 saturated heterocycles. The Hall–Kier alpha value is -5.49. The van der Waals surface area contributed by atoms with E-state index in [-0.39, 0.29) is 29.5 Å². The number of nitrogens with zero attached hydrogens (tertiary/aromatic N) is 7. The number of nitrogens with one attached hydrogen (secondary N) is 2. The van der Waals surface area contributed by atoms with E-state index in [0.29, 0.717) is 34.4 Å². The lowest BCUT2D eigenvalue weighted by molar-refractivity contribution is -0.182. The van der Waals surface area contributed by atoms with Crippen LogP contribution in [0.25, 0.3) is 22.2 Å². The molecule has 12 heteroatoms. The van der Waals surface area contributed by atoms with Gasteiger partial charge in [-0.1, -0.05) is 50.3 Å². The lowest BCUT2D eigenvalue weighted by atomic mass is 9.93. The molecule has 47 heavy (non-hydrogen) atoms. The summed E-state index contributed by atoms with van der Waals surface area (Å²) in [6, 6.07) is 18.3. The molecule has 5 aromatic rings. The SMILES string of the molecule is Cc1c(-c2ccccn2)cccc1[C@H](Nc1cc(C#N)c2ncc(C#N)c(NCC(C)(C)C)c2c1)c1cn(C2(C(F)(F)F)CC2)nn1. The van der Waals surface area contributed by atoms with E-state index in [0.717, 1.165) is 27.1 Å². The van der Waals surface area contributed by atoms with Gasteiger partial charge in [0.15, 0.2) is 5.54 Å². The van der Waals surface area contributed by atoms with E-state index < -0.39 is 17.8 Å². The summed E-state index contributed by atoms with van der Waals surface area (Å²) in [4.78, 5) is 8.93. The zero-order valence-electron chi connectivity index (χ0n) is 26.3. The van der Waals surface area contributed by atoms with E-state index in [9.17, 15) is 23.7 Å². The van der Waals surface area contributed by atoms with Crippen LogP contribution in [0.4, 0.5) is 24.5 Å². The first kappa shape index (κ1) is 31.5. The minimum atomic E-state index is -4.47. The lowest BCUT2D eigenvalue weighted by Crippen LogP contribution is -2.35. The van der Waals surface area contributed by atoms with Gasteiger partial charge >= 0.3 is 6.18 Å². The summed E-state index contributed by atoms with van der Waals surface area (Å²) in [5.41, 5.74) is 3.31. The summed E-state index contributed by atoms with van der Waals surface area (Å²) >= 11 is 0. The number of anilines is 2. The molecule has 3 heterocycles. The predicted octanol–water partition coefficient (Wildman–Crippen LogP) is 7.65. The standard InChI is InChI=1S/C35H32F3N9/c1-21-25(28-10-5-6-13-41-28)8-7-9-26(21)32(29-19-47(46-45-29)34(11-12-34)35(36,37)38)44-24-14-22(16-39)30-27(15-24)31(23(17-40)18-42-30)43-20-33(2,3)4/h5-10,13-15,18-19,32,44H,11-12,20H2,1-4H3,(H,42,43)/t32-/m0/s1. The van der Waals surface area contributed by atoms with Crippen molar-refractivity contribution >= 4 is 22.3 Å². The number of hydrogen-bond donors (Lipinski definition) is 2. The van der Waals surface area contributed by atoms with Crippen LogP contribution in [0.3, 0.4) is 0 Å². The highest BCUT2D eigenvalue weighted by Crippen LogP contribution is 2.55. The van der Waals surface area contributed by atoms with Crippen LogP contribution < -0.4 is 10.6 Å². The molecule has 0 aliphatic heterocycles. The van der Waals surface area contributed by atoms with Crippen molar-refractivity contribution in [3.8, 4) is 23.4 Å². The van der Waals surface area contributed by atoms with Gasteiger partial charge in [-0.25, -0.2) is 4.68 Å². The highest BCUT2D eigenvalue weighted by atomic mass is 19.4. The van der Waals surface area contributed by atoms with Crippen LogP contribution >= 0.6 is 0 Å². The molecule has 1 saturated carbocycles. The fourth-order valence-corrected chi connectivity index (χ4v) is 5.72. The largest absolute Gasteiger partial charge is 0.413 e. The normalized spacial score (nSPS) is 14.7. The predicted molar refractivity (Wildman–Crippen MR) is 172 cm³/mol. The number of halogens is 3. The van der Waals surface area contributed by atoms with Crippen molar-refractivity contribution in [3.63, 3.8) is 0 Å². The molecule has 0 amide bonds. The van der Waals surface area contributed by atoms with Crippen LogP contribution in [0.1, 0.15) is 67.6 Å². The third-order valence-corrected chi connectivity index (χ3v) is 8.44. The number of rotatable bonds is 8. The fourth-order valence-electron chi connectivity index (χ4n) is 5.72. The van der Waals surface area contributed by atoms with E-state index >= 15 is 0 Å². The third-order valence-electron chi connectivity index (χ3n) is 8.44. The van der Waals surface area contributed by atoms with Crippen molar-refractivity contribution in [2.24, 2.45) is 5.41 Å². The quantitative estimate of drug-likeness (QED) is 0.178. The Bertz CT molecular complexity index is 2040. The number of fused-ring (bicyclic) bond motifs is 1. The molecule has 0 unspecified atom stereocenters. The van der Waals surface area contributed by atoms with Gasteiger partial charge in [-0.15, -0.1) is 5.10 Å². The number of nitriles is 2. The topological polar surface area (TPSA) is 128 Å². The molecule has 238 valence electrons. The van der Waals surface area contributed by atoms with Gasteiger partial charge in [-0.05, 0) is 60.6 Å². The maximum atomic E-state index is 14.1. The first-order chi connectivity index (χ1) is 22.3. The van der Waals surface area contributed by atoms with Crippen LogP contribution in [-0.4, -0.2) is 37.7 Å². The molecule has 0 radical (unpaired) electrons. The first-order valence-corrected chi connectivity index (χ1v) is 15.1. The zero-order valence-corrected chi connectivity index (χ0v) is 26.3. The second kappa shape index (κ2) is 11.7. The molecule has 3 aromatic heterocycles. The van der Waals surface area contributed by atoms with Crippen LogP contribution in [0, 0.1) is 35.0 Å². The van der Waals surface area contributed by atoms with Gasteiger partial charge in [0.05, 0.1) is 40.3 Å². The average Bonchev–Trinajstić information content (AvgIpc) is 3.73. The van der Waals surface area contributed by atoms with E-state index in [4.69, 9.17) is 0 Å². The average molecular weight is 636 g/mol. The second-order valence-electron chi connectivity index (χ2n) is 13.0. The zero-order chi connectivity index (χ0) is 33.6. The maximum absolute atomic E-state index is 14.1. The van der Waals surface area contributed by atoms with Crippen molar-refractivity contribution in [2.75, 3.05) is 17.2 Å². The van der Waals surface area contributed by atoms with Gasteiger partial charge in [-0.2, -0.15) is 23.7 Å². The van der Waals surface area contributed by atoms with Crippen molar-refractivity contribution in [2.45, 2.75) is 58.3 Å². The summed E-state index contributed by atoms with van der Waals surface area (Å²) in [6.45, 7) is 8.66. The van der Waals surface area contributed by atoms with Crippen molar-refractivity contribution < 1.29 is 13.2 Å². The third kappa shape index (κ3) is 5.95. The summed E-state index contributed by atoms with van der Waals surface area (Å²) in [7, 11) is 0. The van der Waals surface area contributed by atoms with Gasteiger partial charge in [0.2, 0.25) is 0 Å². The molecule has 9 nitrogen and oxygen atoms in total. The van der Waals surface area contributed by atoms with E-state index in [1.165, 1.54) is 12.4 Å². The number of pyridine rings is 2. The highest BCUT2D eigenvalue weighted by molar-refractivity contribution is 5.99. The van der Waals surface area contributed by atoms with Gasteiger partial charge in [-0.3, -0.25) is 9.97 Å². The molecule has 1 fully saturated rings. The Kier molecular flexibility index (Phi) is 7.84. The lowest BCUT2D eigenvalue weighted by Gasteiger charge is -2.24. The number of hydrogen-bond acceptors (Lipinski definition) is 8. The Morgan fingerprint density at radius 2 is 1.77 bits per heavy atom. The molecule has 6 rings (SSSR count). The van der Waals surface area contributed by atoms with Gasteiger partial charge in [0, 0.05) is 35.6 Å². The van der Waals surface area contributed by atoms with Gasteiger partial charge in [0.25, 0.3) is 0 Å². The number of benzene rings is 2. The fraction of sp³-hybridized carbons (Fsp3) is 0.314. The van der Waals surface area contributed by atoms with Crippen molar-refractivity contribution in [3.05, 3.63) is 95.1 Å². The molecule has 1 atom stereocenters. The van der Waals surface area contributed by atoms with Crippen molar-refractivity contribution in [1.82, 2.24) is 25.0 Å². The smallest absolute Gasteiger partial charge is 0.383 e. The monoisotopic (exact) mass is 635 g/mol. The molecule has 1 aliphatic carbocycles. The Balaban J connectivity index is 1.51. The van der Waals surface area contributed by atoms with Crippen molar-refractivity contribution in [1.29, 1.82) is 10.5 Å². The highest BCUT2D eigenvalue weighted by Gasteiger charge is 2.66. The molecule has 2 aromatic carbocycles. The summed E-state index contributed by atoms with van der Waals surface area (Å²) in [6.07, 6.45) is -0.118. The van der Waals surface area contributed by atoms with Crippen LogP contribution in [0.15, 0.2) is 67.1 Å². The minimum absolute atomic E-state index is 0.0691. The molecule has 0 spiro atoms. The van der Waals surface area contributed by atoms with E-state index in [1.54, 1.807) is 18.3 Å². The summed E-state index contributed by atoms with van der Waals surface area (Å²) in [5, 5.41) is 35.7. The summed E-state index contributed by atoms with van der Waals surface area (Å²) < 4.78 is 43.1. The maximum Gasteiger partial charge on any atom is 0.413 e. The molecular formula is C35H32F3N9. The molecular weight excluding hydrogens is 603 g/mol. The van der Waals surface area contributed by atoms with E-state index in [1.807, 2.05) is 43.3 Å². The second-order valence-corrected chi connectivity index (χ2v) is 13.0. The number of aromatic nitrogens is 5. The molecule has 0 bridgehead atoms. The van der Waals surface area contributed by atoms with E-state index in [2.05, 4.69) is 63.8 Å². The number of alkyl halides is 3. The Labute approximate surface area is 270 Å². The molecule has 2 N–H and O–H groups in total. The Morgan fingerprint density at radius 3 is 2.40 bits per heavy atom.